The quantitative estimate of drug-likeness (QED) is 0.326. The minimum atomic E-state index is -1.78. The van der Waals surface area contributed by atoms with Gasteiger partial charge in [0.05, 0.1) is 6.42 Å². The number of carbonyl (C=O) groups is 2. The summed E-state index contributed by atoms with van der Waals surface area (Å²) in [5, 5.41) is 0. The number of hydrogen-bond acceptors (Lipinski definition) is 3. The van der Waals surface area contributed by atoms with Gasteiger partial charge in [0.2, 0.25) is 17.4 Å². The summed E-state index contributed by atoms with van der Waals surface area (Å²) in [5.41, 5.74) is 0. The molecule has 0 atom stereocenters. The zero-order valence-corrected chi connectivity index (χ0v) is 13.8. The van der Waals surface area contributed by atoms with E-state index in [9.17, 15) is 27.2 Å². The number of carbonyl (C=O) groups excluding carboxylic acids is 2. The molecule has 1 saturated carbocycles. The Morgan fingerprint density at radius 2 is 1.40 bits per heavy atom. The summed E-state index contributed by atoms with van der Waals surface area (Å²) >= 11 is 0. The van der Waals surface area contributed by atoms with Gasteiger partial charge in [-0.05, 0) is 12.8 Å². The molecule has 0 heterocycles. The van der Waals surface area contributed by atoms with E-state index in [2.05, 4.69) is 4.74 Å². The van der Waals surface area contributed by atoms with E-state index < -0.39 is 41.4 Å². The molecule has 1 fully saturated rings. The van der Waals surface area contributed by atoms with E-state index in [0.29, 0.717) is 0 Å². The van der Waals surface area contributed by atoms with Crippen LogP contribution in [0.1, 0.15) is 57.8 Å². The van der Waals surface area contributed by atoms with Crippen molar-refractivity contribution in [2.45, 2.75) is 57.8 Å². The molecule has 3 nitrogen and oxygen atoms in total. The molecule has 7 heteroatoms. The van der Waals surface area contributed by atoms with Crippen LogP contribution in [0, 0.1) is 29.2 Å². The summed E-state index contributed by atoms with van der Waals surface area (Å²) in [6, 6.07) is 0.0279. The zero-order valence-electron chi connectivity index (χ0n) is 13.8. The van der Waals surface area contributed by atoms with Gasteiger partial charge in [-0.3, -0.25) is 9.59 Å². The van der Waals surface area contributed by atoms with Gasteiger partial charge in [-0.2, -0.15) is 8.78 Å². The molecule has 0 aromatic heterocycles. The van der Waals surface area contributed by atoms with Crippen molar-refractivity contribution in [3.8, 4) is 5.75 Å². The van der Waals surface area contributed by atoms with Crippen LogP contribution in [0.25, 0.3) is 0 Å². The molecule has 0 amide bonds. The lowest BCUT2D eigenvalue weighted by Crippen LogP contribution is -2.19. The zero-order chi connectivity index (χ0) is 18.4. The molecule has 1 aliphatic carbocycles. The highest BCUT2D eigenvalue weighted by Crippen LogP contribution is 2.27. The Bertz CT molecular complexity index is 611. The summed E-state index contributed by atoms with van der Waals surface area (Å²) in [6.45, 7) is 0. The lowest BCUT2D eigenvalue weighted by Gasteiger charge is -2.18. The van der Waals surface area contributed by atoms with Crippen LogP contribution in [0.15, 0.2) is 6.07 Å². The summed E-state index contributed by atoms with van der Waals surface area (Å²) < 4.78 is 57.4. The van der Waals surface area contributed by atoms with Crippen LogP contribution in [0.2, 0.25) is 0 Å². The fraction of sp³-hybridized carbons (Fsp3) is 0.556. The van der Waals surface area contributed by atoms with Crippen molar-refractivity contribution in [3.05, 3.63) is 29.3 Å². The van der Waals surface area contributed by atoms with Crippen LogP contribution in [-0.4, -0.2) is 11.8 Å². The van der Waals surface area contributed by atoms with Crippen LogP contribution >= 0.6 is 0 Å². The van der Waals surface area contributed by atoms with E-state index in [1.807, 2.05) is 0 Å². The van der Waals surface area contributed by atoms with Crippen molar-refractivity contribution in [3.63, 3.8) is 0 Å². The van der Waals surface area contributed by atoms with E-state index in [-0.39, 0.29) is 24.2 Å². The van der Waals surface area contributed by atoms with Crippen molar-refractivity contribution in [2.24, 2.45) is 5.92 Å². The second-order valence-electron chi connectivity index (χ2n) is 6.28. The molecule has 2 rings (SSSR count). The highest BCUT2D eigenvalue weighted by molar-refractivity contribution is 5.85. The van der Waals surface area contributed by atoms with E-state index >= 15 is 0 Å². The number of halogens is 4. The molecule has 0 spiro atoms. The lowest BCUT2D eigenvalue weighted by atomic mass is 9.87. The first-order valence-corrected chi connectivity index (χ1v) is 8.46. The molecule has 1 aromatic carbocycles. The largest absolute Gasteiger partial charge is 0.420 e. The number of Topliss-reactive ketones (excluding diaryl/α,β-unsaturated/α-hetero) is 1. The number of benzene rings is 1. The molecule has 0 bridgehead atoms. The molecule has 0 unspecified atom stereocenters. The Labute approximate surface area is 143 Å². The predicted octanol–water partition coefficient (Wildman–Crippen LogP) is 4.86. The first-order chi connectivity index (χ1) is 11.9. The van der Waals surface area contributed by atoms with Gasteiger partial charge in [-0.15, -0.1) is 0 Å². The van der Waals surface area contributed by atoms with Gasteiger partial charge in [0, 0.05) is 18.4 Å². The van der Waals surface area contributed by atoms with Crippen LogP contribution in [0.3, 0.4) is 0 Å². The monoisotopic (exact) mass is 360 g/mol. The second kappa shape index (κ2) is 8.97. The summed E-state index contributed by atoms with van der Waals surface area (Å²) in [7, 11) is 0. The Morgan fingerprint density at radius 1 is 0.880 bits per heavy atom. The van der Waals surface area contributed by atoms with Crippen LogP contribution in [-0.2, 0) is 9.59 Å². The molecular weight excluding hydrogens is 340 g/mol. The van der Waals surface area contributed by atoms with Gasteiger partial charge >= 0.3 is 5.97 Å². The van der Waals surface area contributed by atoms with Gasteiger partial charge < -0.3 is 4.74 Å². The highest BCUT2D eigenvalue weighted by atomic mass is 19.2. The molecule has 0 N–H and O–H groups in total. The standard InChI is InChI=1S/C18H20F4O3/c19-12-10-13(20)17(22)18(16(12)21)25-15(24)9-8-14(23)11-6-4-2-1-3-5-7-11/h10-11H,1-9H2. The van der Waals surface area contributed by atoms with Gasteiger partial charge in [-0.1, -0.05) is 32.1 Å². The number of ether oxygens (including phenoxy) is 1. The predicted molar refractivity (Wildman–Crippen MR) is 82.0 cm³/mol. The van der Waals surface area contributed by atoms with Crippen LogP contribution in [0.4, 0.5) is 17.6 Å². The fourth-order valence-electron chi connectivity index (χ4n) is 3.01. The van der Waals surface area contributed by atoms with Crippen LogP contribution < -0.4 is 4.74 Å². The van der Waals surface area contributed by atoms with E-state index in [0.717, 1.165) is 44.9 Å². The third-order valence-electron chi connectivity index (χ3n) is 4.42. The number of rotatable bonds is 5. The van der Waals surface area contributed by atoms with Gasteiger partial charge in [-0.25, -0.2) is 8.78 Å². The molecule has 0 radical (unpaired) electrons. The van der Waals surface area contributed by atoms with Crippen LogP contribution in [0.5, 0.6) is 5.75 Å². The van der Waals surface area contributed by atoms with Gasteiger partial charge in [0.25, 0.3) is 0 Å². The van der Waals surface area contributed by atoms with Crippen molar-refractivity contribution >= 4 is 11.8 Å². The maximum absolute atomic E-state index is 13.5. The average Bonchev–Trinajstić information content (AvgIpc) is 2.54. The Hall–Kier alpha value is -1.92. The molecule has 138 valence electrons. The summed E-state index contributed by atoms with van der Waals surface area (Å²) in [5.74, 6) is -9.61. The van der Waals surface area contributed by atoms with E-state index in [1.165, 1.54) is 0 Å². The Kier molecular flexibility index (Phi) is 6.96. The van der Waals surface area contributed by atoms with E-state index in [1.54, 1.807) is 0 Å². The lowest BCUT2D eigenvalue weighted by molar-refractivity contribution is -0.137. The Balaban J connectivity index is 1.91. The minimum absolute atomic E-state index is 0.0279. The van der Waals surface area contributed by atoms with Crippen molar-refractivity contribution in [2.75, 3.05) is 0 Å². The third kappa shape index (κ3) is 5.28. The Morgan fingerprint density at radius 3 is 1.96 bits per heavy atom. The van der Waals surface area contributed by atoms with Gasteiger partial charge in [0.1, 0.15) is 5.78 Å². The number of esters is 1. The topological polar surface area (TPSA) is 43.4 Å². The number of ketones is 1. The van der Waals surface area contributed by atoms with Crippen molar-refractivity contribution < 1.29 is 31.9 Å². The normalized spacial score (nSPS) is 16.2. The average molecular weight is 360 g/mol. The summed E-state index contributed by atoms with van der Waals surface area (Å²) in [6.07, 6.45) is 6.26. The van der Waals surface area contributed by atoms with Gasteiger partial charge in [0.15, 0.2) is 11.6 Å². The second-order valence-corrected chi connectivity index (χ2v) is 6.28. The minimum Gasteiger partial charge on any atom is -0.420 e. The summed E-state index contributed by atoms with van der Waals surface area (Å²) in [4.78, 5) is 23.9. The molecule has 1 aromatic rings. The molecular formula is C18H20F4O3. The first kappa shape index (κ1) is 19.4. The first-order valence-electron chi connectivity index (χ1n) is 8.46. The maximum atomic E-state index is 13.5. The molecule has 0 aliphatic heterocycles. The fourth-order valence-corrected chi connectivity index (χ4v) is 3.01. The molecule has 1 aliphatic rings. The molecule has 0 saturated heterocycles. The number of hydrogen-bond donors (Lipinski definition) is 0. The SMILES string of the molecule is O=C(CCC(=O)C1CCCCCCC1)Oc1c(F)c(F)cc(F)c1F. The molecule has 25 heavy (non-hydrogen) atoms. The highest BCUT2D eigenvalue weighted by Gasteiger charge is 2.24. The van der Waals surface area contributed by atoms with Crippen molar-refractivity contribution in [1.82, 2.24) is 0 Å². The maximum Gasteiger partial charge on any atom is 0.311 e. The third-order valence-corrected chi connectivity index (χ3v) is 4.42. The van der Waals surface area contributed by atoms with Crippen molar-refractivity contribution in [1.29, 1.82) is 0 Å². The van der Waals surface area contributed by atoms with E-state index in [4.69, 9.17) is 0 Å². The smallest absolute Gasteiger partial charge is 0.311 e.